The number of rotatable bonds is 2. The van der Waals surface area contributed by atoms with Crippen LogP contribution in [-0.4, -0.2) is 15.6 Å². The molecule has 3 nitrogen and oxygen atoms in total. The maximum absolute atomic E-state index is 11.3. The molecular weight excluding hydrogens is 224 g/mol. The Morgan fingerprint density at radius 1 is 1.44 bits per heavy atom. The maximum atomic E-state index is 11.3. The van der Waals surface area contributed by atoms with Crippen molar-refractivity contribution in [2.45, 2.75) is 13.8 Å². The van der Waals surface area contributed by atoms with Crippen molar-refractivity contribution >= 4 is 17.4 Å². The first-order valence-corrected chi connectivity index (χ1v) is 5.29. The molecule has 1 heterocycles. The Labute approximate surface area is 98.7 Å². The Kier molecular flexibility index (Phi) is 2.79. The second-order valence-corrected chi connectivity index (χ2v) is 4.03. The Balaban J connectivity index is 2.53. The first kappa shape index (κ1) is 10.9. The van der Waals surface area contributed by atoms with Gasteiger partial charge in [-0.2, -0.15) is 5.10 Å². The summed E-state index contributed by atoms with van der Waals surface area (Å²) < 4.78 is 1.71. The Morgan fingerprint density at radius 3 is 2.75 bits per heavy atom. The standard InChI is InChI=1S/C12H11ClN2O/c1-8-12(9(2)16)7-14-15(8)11-5-3-4-10(13)6-11/h3-7H,1-2H3. The third-order valence-corrected chi connectivity index (χ3v) is 2.68. The van der Waals surface area contributed by atoms with Gasteiger partial charge in [-0.3, -0.25) is 4.79 Å². The van der Waals surface area contributed by atoms with E-state index < -0.39 is 0 Å². The van der Waals surface area contributed by atoms with E-state index in [4.69, 9.17) is 11.6 Å². The summed E-state index contributed by atoms with van der Waals surface area (Å²) in [4.78, 5) is 11.3. The number of aromatic nitrogens is 2. The zero-order valence-corrected chi connectivity index (χ0v) is 9.82. The van der Waals surface area contributed by atoms with Crippen LogP contribution >= 0.6 is 11.6 Å². The van der Waals surface area contributed by atoms with Gasteiger partial charge in [0.2, 0.25) is 0 Å². The van der Waals surface area contributed by atoms with Crippen LogP contribution in [0.25, 0.3) is 5.69 Å². The molecule has 0 fully saturated rings. The molecule has 0 unspecified atom stereocenters. The number of nitrogens with zero attached hydrogens (tertiary/aromatic N) is 2. The van der Waals surface area contributed by atoms with Gasteiger partial charge in [-0.05, 0) is 32.0 Å². The predicted molar refractivity (Wildman–Crippen MR) is 63.3 cm³/mol. The van der Waals surface area contributed by atoms with Crippen LogP contribution in [0.2, 0.25) is 5.02 Å². The SMILES string of the molecule is CC(=O)c1cnn(-c2cccc(Cl)c2)c1C. The van der Waals surface area contributed by atoms with E-state index in [9.17, 15) is 4.79 Å². The van der Waals surface area contributed by atoms with Crippen molar-refractivity contribution < 1.29 is 4.79 Å². The molecule has 0 aliphatic rings. The third-order valence-electron chi connectivity index (χ3n) is 2.44. The lowest BCUT2D eigenvalue weighted by atomic mass is 10.2. The molecule has 1 aromatic heterocycles. The minimum absolute atomic E-state index is 0.0192. The van der Waals surface area contributed by atoms with Crippen molar-refractivity contribution in [1.29, 1.82) is 0 Å². The van der Waals surface area contributed by atoms with Gasteiger partial charge in [-0.1, -0.05) is 17.7 Å². The minimum Gasteiger partial charge on any atom is -0.294 e. The summed E-state index contributed by atoms with van der Waals surface area (Å²) in [6.07, 6.45) is 1.58. The summed E-state index contributed by atoms with van der Waals surface area (Å²) in [6.45, 7) is 3.40. The molecule has 0 spiro atoms. The fraction of sp³-hybridized carbons (Fsp3) is 0.167. The van der Waals surface area contributed by atoms with E-state index in [0.717, 1.165) is 11.4 Å². The Bertz CT molecular complexity index is 546. The van der Waals surface area contributed by atoms with Gasteiger partial charge >= 0.3 is 0 Å². The number of hydrogen-bond donors (Lipinski definition) is 0. The van der Waals surface area contributed by atoms with Gasteiger partial charge in [0, 0.05) is 5.02 Å². The smallest absolute Gasteiger partial charge is 0.163 e. The summed E-state index contributed by atoms with van der Waals surface area (Å²) >= 11 is 5.91. The van der Waals surface area contributed by atoms with Crippen molar-refractivity contribution in [1.82, 2.24) is 9.78 Å². The zero-order valence-electron chi connectivity index (χ0n) is 9.07. The van der Waals surface area contributed by atoms with E-state index in [-0.39, 0.29) is 5.78 Å². The van der Waals surface area contributed by atoms with Crippen LogP contribution in [0.3, 0.4) is 0 Å². The van der Waals surface area contributed by atoms with Gasteiger partial charge < -0.3 is 0 Å². The number of benzene rings is 1. The molecule has 1 aromatic carbocycles. The molecule has 0 aliphatic heterocycles. The lowest BCUT2D eigenvalue weighted by Crippen LogP contribution is -2.00. The zero-order chi connectivity index (χ0) is 11.7. The maximum Gasteiger partial charge on any atom is 0.163 e. The molecular formula is C12H11ClN2O. The van der Waals surface area contributed by atoms with Gasteiger partial charge in [-0.25, -0.2) is 4.68 Å². The van der Waals surface area contributed by atoms with E-state index in [1.54, 1.807) is 16.9 Å². The number of hydrogen-bond acceptors (Lipinski definition) is 2. The number of ketones is 1. The van der Waals surface area contributed by atoms with E-state index >= 15 is 0 Å². The van der Waals surface area contributed by atoms with Crippen molar-refractivity contribution in [2.24, 2.45) is 0 Å². The average Bonchev–Trinajstić information content (AvgIpc) is 2.60. The van der Waals surface area contributed by atoms with Crippen LogP contribution < -0.4 is 0 Å². The highest BCUT2D eigenvalue weighted by Gasteiger charge is 2.11. The lowest BCUT2D eigenvalue weighted by Gasteiger charge is -2.04. The molecule has 0 aliphatic carbocycles. The topological polar surface area (TPSA) is 34.9 Å². The first-order chi connectivity index (χ1) is 7.59. The van der Waals surface area contributed by atoms with E-state index in [2.05, 4.69) is 5.10 Å². The van der Waals surface area contributed by atoms with Crippen LogP contribution in [0.5, 0.6) is 0 Å². The summed E-state index contributed by atoms with van der Waals surface area (Å²) in [5.74, 6) is 0.0192. The molecule has 0 radical (unpaired) electrons. The summed E-state index contributed by atoms with van der Waals surface area (Å²) in [5, 5.41) is 4.84. The van der Waals surface area contributed by atoms with Gasteiger partial charge in [0.05, 0.1) is 23.1 Å². The van der Waals surface area contributed by atoms with Crippen LogP contribution in [0.15, 0.2) is 30.5 Å². The van der Waals surface area contributed by atoms with Gasteiger partial charge in [0.25, 0.3) is 0 Å². The van der Waals surface area contributed by atoms with E-state index in [1.165, 1.54) is 6.92 Å². The second-order valence-electron chi connectivity index (χ2n) is 3.59. The molecule has 16 heavy (non-hydrogen) atoms. The number of carbonyl (C=O) groups excluding carboxylic acids is 1. The normalized spacial score (nSPS) is 10.4. The monoisotopic (exact) mass is 234 g/mol. The molecule has 0 saturated heterocycles. The summed E-state index contributed by atoms with van der Waals surface area (Å²) in [7, 11) is 0. The molecule has 2 rings (SSSR count). The molecule has 0 bridgehead atoms. The van der Waals surface area contributed by atoms with Gasteiger partial charge in [0.15, 0.2) is 5.78 Å². The molecule has 82 valence electrons. The van der Waals surface area contributed by atoms with Crippen LogP contribution in [-0.2, 0) is 0 Å². The highest BCUT2D eigenvalue weighted by Crippen LogP contribution is 2.17. The van der Waals surface area contributed by atoms with Crippen LogP contribution in [0.4, 0.5) is 0 Å². The van der Waals surface area contributed by atoms with Crippen LogP contribution in [0.1, 0.15) is 23.0 Å². The number of halogens is 1. The number of carbonyl (C=O) groups is 1. The largest absolute Gasteiger partial charge is 0.294 e. The highest BCUT2D eigenvalue weighted by molar-refractivity contribution is 6.30. The Hall–Kier alpha value is -1.61. The minimum atomic E-state index is 0.0192. The molecule has 0 amide bonds. The van der Waals surface area contributed by atoms with Crippen molar-refractivity contribution in [2.75, 3.05) is 0 Å². The molecule has 4 heteroatoms. The lowest BCUT2D eigenvalue weighted by molar-refractivity contribution is 0.101. The highest BCUT2D eigenvalue weighted by atomic mass is 35.5. The molecule has 0 saturated carbocycles. The predicted octanol–water partition coefficient (Wildman–Crippen LogP) is 3.04. The Morgan fingerprint density at radius 2 is 2.19 bits per heavy atom. The number of Topliss-reactive ketones (excluding diaryl/α,β-unsaturated/α-hetero) is 1. The van der Waals surface area contributed by atoms with Crippen molar-refractivity contribution in [3.63, 3.8) is 0 Å². The van der Waals surface area contributed by atoms with Crippen molar-refractivity contribution in [3.05, 3.63) is 46.7 Å². The van der Waals surface area contributed by atoms with E-state index in [0.29, 0.717) is 10.6 Å². The van der Waals surface area contributed by atoms with Gasteiger partial charge in [0.1, 0.15) is 0 Å². The first-order valence-electron chi connectivity index (χ1n) is 4.91. The van der Waals surface area contributed by atoms with Crippen molar-refractivity contribution in [3.8, 4) is 5.69 Å². The second kappa shape index (κ2) is 4.10. The molecule has 2 aromatic rings. The third kappa shape index (κ3) is 1.86. The summed E-state index contributed by atoms with van der Waals surface area (Å²) in [6, 6.07) is 7.36. The average molecular weight is 235 g/mol. The van der Waals surface area contributed by atoms with E-state index in [1.807, 2.05) is 25.1 Å². The fourth-order valence-electron chi connectivity index (χ4n) is 1.62. The molecule has 0 N–H and O–H groups in total. The fourth-order valence-corrected chi connectivity index (χ4v) is 1.81. The summed E-state index contributed by atoms with van der Waals surface area (Å²) in [5.41, 5.74) is 2.33. The van der Waals surface area contributed by atoms with Crippen LogP contribution in [0, 0.1) is 6.92 Å². The molecule has 0 atom stereocenters. The quantitative estimate of drug-likeness (QED) is 0.749. The van der Waals surface area contributed by atoms with Gasteiger partial charge in [-0.15, -0.1) is 0 Å².